The Labute approximate surface area is 124 Å². The Bertz CT molecular complexity index is 557. The summed E-state index contributed by atoms with van der Waals surface area (Å²) in [6.07, 6.45) is 0. The smallest absolute Gasteiger partial charge is 0.221 e. The number of rotatable bonds is 7. The molecule has 0 amide bonds. The second-order valence-electron chi connectivity index (χ2n) is 5.09. The van der Waals surface area contributed by atoms with Gasteiger partial charge in [0, 0.05) is 12.0 Å². The number of alkyl halides is 1. The van der Waals surface area contributed by atoms with Crippen LogP contribution in [0, 0.1) is 5.92 Å². The van der Waals surface area contributed by atoms with Gasteiger partial charge in [0.2, 0.25) is 5.88 Å². The lowest BCUT2D eigenvalue weighted by molar-refractivity contribution is 0.0810. The van der Waals surface area contributed by atoms with Crippen molar-refractivity contribution in [3.05, 3.63) is 36.0 Å². The molecule has 0 unspecified atom stereocenters. The van der Waals surface area contributed by atoms with Crippen LogP contribution >= 0.6 is 11.6 Å². The van der Waals surface area contributed by atoms with Gasteiger partial charge in [0.1, 0.15) is 6.61 Å². The summed E-state index contributed by atoms with van der Waals surface area (Å²) in [5, 5.41) is 2.10. The molecule has 20 heavy (non-hydrogen) atoms. The number of benzene rings is 1. The molecule has 0 bridgehead atoms. The second-order valence-corrected chi connectivity index (χ2v) is 5.36. The molecule has 0 atom stereocenters. The van der Waals surface area contributed by atoms with Crippen LogP contribution in [0.15, 0.2) is 30.3 Å². The molecule has 0 fully saturated rings. The Morgan fingerprint density at radius 2 is 2.00 bits per heavy atom. The first-order valence-corrected chi connectivity index (χ1v) is 7.39. The topological polar surface area (TPSA) is 31.4 Å². The van der Waals surface area contributed by atoms with Gasteiger partial charge in [-0.3, -0.25) is 0 Å². The van der Waals surface area contributed by atoms with E-state index in [1.165, 1.54) is 0 Å². The van der Waals surface area contributed by atoms with Crippen LogP contribution in [0.1, 0.15) is 19.5 Å². The van der Waals surface area contributed by atoms with Crippen molar-refractivity contribution in [3.63, 3.8) is 0 Å². The number of halogens is 1. The summed E-state index contributed by atoms with van der Waals surface area (Å²) in [6, 6.07) is 10.0. The molecule has 2 aromatic rings. The number of ether oxygens (including phenoxy) is 2. The van der Waals surface area contributed by atoms with Crippen LogP contribution in [-0.2, 0) is 10.6 Å². The molecule has 1 heterocycles. The number of hydrogen-bond donors (Lipinski definition) is 0. The van der Waals surface area contributed by atoms with E-state index >= 15 is 0 Å². The number of aromatic nitrogens is 1. The number of fused-ring (bicyclic) bond motifs is 1. The second kappa shape index (κ2) is 7.46. The SMILES string of the molecule is CC(C)COCCOc1nc(CCl)cc2ccccc12. The largest absolute Gasteiger partial charge is 0.475 e. The molecule has 4 heteroatoms. The highest BCUT2D eigenvalue weighted by Crippen LogP contribution is 2.25. The van der Waals surface area contributed by atoms with Crippen molar-refractivity contribution in [2.45, 2.75) is 19.7 Å². The molecule has 0 N–H and O–H groups in total. The standard InChI is InChI=1S/C16H20ClNO2/c1-12(2)11-19-7-8-20-16-15-6-4-3-5-13(15)9-14(10-17)18-16/h3-6,9,12H,7-8,10-11H2,1-2H3. The molecule has 0 aliphatic carbocycles. The van der Waals surface area contributed by atoms with Crippen LogP contribution in [0.3, 0.4) is 0 Å². The molecule has 0 spiro atoms. The molecule has 0 aliphatic rings. The highest BCUT2D eigenvalue weighted by Gasteiger charge is 2.06. The molecule has 0 saturated carbocycles. The third-order valence-corrected chi connectivity index (χ3v) is 3.09. The van der Waals surface area contributed by atoms with Crippen LogP contribution in [0.25, 0.3) is 10.8 Å². The molecule has 108 valence electrons. The lowest BCUT2D eigenvalue weighted by Gasteiger charge is -2.11. The average molecular weight is 294 g/mol. The van der Waals surface area contributed by atoms with Crippen LogP contribution in [-0.4, -0.2) is 24.8 Å². The highest BCUT2D eigenvalue weighted by atomic mass is 35.5. The van der Waals surface area contributed by atoms with Gasteiger partial charge >= 0.3 is 0 Å². The predicted octanol–water partition coefficient (Wildman–Crippen LogP) is 4.03. The molecule has 0 aliphatic heterocycles. The van der Waals surface area contributed by atoms with Crippen LogP contribution < -0.4 is 4.74 Å². The van der Waals surface area contributed by atoms with Crippen molar-refractivity contribution >= 4 is 22.4 Å². The van der Waals surface area contributed by atoms with Crippen molar-refractivity contribution in [1.82, 2.24) is 4.98 Å². The zero-order valence-corrected chi connectivity index (χ0v) is 12.7. The predicted molar refractivity (Wildman–Crippen MR) is 82.5 cm³/mol. The number of pyridine rings is 1. The van der Waals surface area contributed by atoms with Crippen molar-refractivity contribution in [2.24, 2.45) is 5.92 Å². The van der Waals surface area contributed by atoms with E-state index in [-0.39, 0.29) is 0 Å². The molecule has 3 nitrogen and oxygen atoms in total. The zero-order chi connectivity index (χ0) is 14.4. The van der Waals surface area contributed by atoms with E-state index in [0.717, 1.165) is 23.1 Å². The Morgan fingerprint density at radius 1 is 1.20 bits per heavy atom. The monoisotopic (exact) mass is 293 g/mol. The molecular weight excluding hydrogens is 274 g/mol. The third-order valence-electron chi connectivity index (χ3n) is 2.81. The summed E-state index contributed by atoms with van der Waals surface area (Å²) >= 11 is 5.88. The maximum Gasteiger partial charge on any atom is 0.221 e. The van der Waals surface area contributed by atoms with Gasteiger partial charge in [-0.2, -0.15) is 0 Å². The van der Waals surface area contributed by atoms with E-state index in [1.807, 2.05) is 30.3 Å². The van der Waals surface area contributed by atoms with Gasteiger partial charge in [0.15, 0.2) is 0 Å². The van der Waals surface area contributed by atoms with Crippen molar-refractivity contribution in [2.75, 3.05) is 19.8 Å². The minimum Gasteiger partial charge on any atom is -0.475 e. The number of hydrogen-bond acceptors (Lipinski definition) is 3. The van der Waals surface area contributed by atoms with Crippen molar-refractivity contribution in [1.29, 1.82) is 0 Å². The minimum absolute atomic E-state index is 0.380. The van der Waals surface area contributed by atoms with E-state index in [0.29, 0.717) is 30.9 Å². The lowest BCUT2D eigenvalue weighted by Crippen LogP contribution is -2.11. The molecule has 0 saturated heterocycles. The summed E-state index contributed by atoms with van der Waals surface area (Å²) in [6.45, 7) is 6.06. The summed E-state index contributed by atoms with van der Waals surface area (Å²) in [7, 11) is 0. The zero-order valence-electron chi connectivity index (χ0n) is 11.9. The fourth-order valence-electron chi connectivity index (χ4n) is 1.91. The number of nitrogens with zero attached hydrogens (tertiary/aromatic N) is 1. The van der Waals surface area contributed by atoms with Crippen LogP contribution in [0.2, 0.25) is 0 Å². The normalized spacial score (nSPS) is 11.2. The van der Waals surface area contributed by atoms with Gasteiger partial charge in [-0.1, -0.05) is 32.0 Å². The summed E-state index contributed by atoms with van der Waals surface area (Å²) in [5.41, 5.74) is 0.823. The Kier molecular flexibility index (Phi) is 5.62. The minimum atomic E-state index is 0.380. The molecular formula is C16H20ClNO2. The fraction of sp³-hybridized carbons (Fsp3) is 0.438. The van der Waals surface area contributed by atoms with Gasteiger partial charge < -0.3 is 9.47 Å². The Balaban J connectivity index is 2.04. The van der Waals surface area contributed by atoms with E-state index in [4.69, 9.17) is 21.1 Å². The van der Waals surface area contributed by atoms with Gasteiger partial charge in [-0.05, 0) is 23.4 Å². The molecule has 1 aromatic carbocycles. The molecule has 0 radical (unpaired) electrons. The van der Waals surface area contributed by atoms with Gasteiger partial charge in [0.25, 0.3) is 0 Å². The van der Waals surface area contributed by atoms with Gasteiger partial charge in [-0.15, -0.1) is 11.6 Å². The maximum absolute atomic E-state index is 5.88. The Morgan fingerprint density at radius 3 is 2.75 bits per heavy atom. The average Bonchev–Trinajstić information content (AvgIpc) is 2.46. The summed E-state index contributed by atoms with van der Waals surface area (Å²) < 4.78 is 11.3. The molecule has 1 aromatic heterocycles. The lowest BCUT2D eigenvalue weighted by atomic mass is 10.1. The van der Waals surface area contributed by atoms with Gasteiger partial charge in [0.05, 0.1) is 18.2 Å². The third kappa shape index (κ3) is 4.09. The first-order valence-electron chi connectivity index (χ1n) is 6.86. The summed E-state index contributed by atoms with van der Waals surface area (Å²) in [5.74, 6) is 1.55. The first-order chi connectivity index (χ1) is 9.70. The highest BCUT2D eigenvalue weighted by molar-refractivity contribution is 6.17. The van der Waals surface area contributed by atoms with Gasteiger partial charge in [-0.25, -0.2) is 4.98 Å². The fourth-order valence-corrected chi connectivity index (χ4v) is 2.05. The van der Waals surface area contributed by atoms with E-state index in [9.17, 15) is 0 Å². The molecule has 2 rings (SSSR count). The quantitative estimate of drug-likeness (QED) is 0.570. The summed E-state index contributed by atoms with van der Waals surface area (Å²) in [4.78, 5) is 4.44. The van der Waals surface area contributed by atoms with Crippen LogP contribution in [0.5, 0.6) is 5.88 Å². The van der Waals surface area contributed by atoms with E-state index < -0.39 is 0 Å². The van der Waals surface area contributed by atoms with Crippen molar-refractivity contribution < 1.29 is 9.47 Å². The Hall–Kier alpha value is -1.32. The van der Waals surface area contributed by atoms with E-state index in [1.54, 1.807) is 0 Å². The maximum atomic E-state index is 5.88. The van der Waals surface area contributed by atoms with Crippen LogP contribution in [0.4, 0.5) is 0 Å². The van der Waals surface area contributed by atoms with Crippen molar-refractivity contribution in [3.8, 4) is 5.88 Å². The first kappa shape index (κ1) is 15.1. The van der Waals surface area contributed by atoms with E-state index in [2.05, 4.69) is 18.8 Å².